The smallest absolute Gasteiger partial charge is 0.195 e. The molecule has 0 radical (unpaired) electrons. The molecule has 0 atom stereocenters. The van der Waals surface area contributed by atoms with Gasteiger partial charge in [0.05, 0.1) is 17.0 Å². The lowest BCUT2D eigenvalue weighted by Crippen LogP contribution is -2.55. The molecule has 1 heterocycles. The maximum atomic E-state index is 8.48. The summed E-state index contributed by atoms with van der Waals surface area (Å²) >= 11 is 1.85. The highest BCUT2D eigenvalue weighted by Crippen LogP contribution is 2.69. The van der Waals surface area contributed by atoms with Crippen LogP contribution in [0, 0.1) is 30.2 Å². The van der Waals surface area contributed by atoms with E-state index in [9.17, 15) is 0 Å². The van der Waals surface area contributed by atoms with Gasteiger partial charge in [-0.1, -0.05) is 133 Å². The molecule has 9 aromatic rings. The second kappa shape index (κ2) is 13.9. The number of thiophene rings is 1. The first kappa shape index (κ1) is 36.0. The van der Waals surface area contributed by atoms with Crippen LogP contribution in [0.5, 0.6) is 0 Å². The minimum absolute atomic E-state index is 0.149. The molecule has 5 aliphatic carbocycles. The lowest BCUT2D eigenvalue weighted by atomic mass is 9.43. The van der Waals surface area contributed by atoms with Crippen LogP contribution in [0.2, 0.25) is 0 Å². The van der Waals surface area contributed by atoms with Gasteiger partial charge in [0.25, 0.3) is 0 Å². The van der Waals surface area contributed by atoms with Crippen LogP contribution in [0.1, 0.15) is 43.2 Å². The summed E-state index contributed by atoms with van der Waals surface area (Å²) in [4.78, 5) is 6.60. The Balaban J connectivity index is 0.898. The first-order valence-corrected chi connectivity index (χ1v) is 23.2. The first-order valence-electron chi connectivity index (χ1n) is 22.4. The summed E-state index contributed by atoms with van der Waals surface area (Å²) in [7, 11) is 0. The molecule has 0 aliphatic heterocycles. The predicted octanol–water partition coefficient (Wildman–Crippen LogP) is 16.8. The van der Waals surface area contributed by atoms with E-state index >= 15 is 0 Å². The zero-order chi connectivity index (χ0) is 40.9. The molecule has 1 spiro atoms. The van der Waals surface area contributed by atoms with Gasteiger partial charge < -0.3 is 4.90 Å². The molecule has 1 aromatic heterocycles. The van der Waals surface area contributed by atoms with E-state index in [0.29, 0.717) is 5.69 Å². The van der Waals surface area contributed by atoms with Crippen LogP contribution in [0.25, 0.3) is 69.5 Å². The summed E-state index contributed by atoms with van der Waals surface area (Å²) in [6.45, 7) is 8.48. The Morgan fingerprint density at radius 2 is 1.11 bits per heavy atom. The third-order valence-corrected chi connectivity index (χ3v) is 16.5. The summed E-state index contributed by atoms with van der Waals surface area (Å²) in [5.74, 6) is 3.32. The van der Waals surface area contributed by atoms with E-state index < -0.39 is 0 Å². The van der Waals surface area contributed by atoms with Crippen LogP contribution in [-0.2, 0) is 5.41 Å². The van der Waals surface area contributed by atoms with Crippen molar-refractivity contribution in [3.05, 3.63) is 205 Å². The SMILES string of the molecule is [C-]#[N+]c1cc(-c2cccc(N(c3ccc(-c4ccccc4)cc3)c3cccc4c3sc3ccccc34)c2)ccc1-c1ccc2c(c1)-c1ccccc1C21C2CC3CC(C2)CC1C3. The quantitative estimate of drug-likeness (QED) is 0.152. The minimum Gasteiger partial charge on any atom is -0.309 e. The number of rotatable bonds is 6. The number of hydrogen-bond acceptors (Lipinski definition) is 2. The van der Waals surface area contributed by atoms with Crippen molar-refractivity contribution in [1.82, 2.24) is 0 Å². The number of benzene rings is 8. The van der Waals surface area contributed by atoms with Gasteiger partial charge in [-0.15, -0.1) is 11.3 Å². The average Bonchev–Trinajstić information content (AvgIpc) is 3.85. The molecule has 5 aliphatic rings. The number of nitrogens with zero attached hydrogens (tertiary/aromatic N) is 2. The van der Waals surface area contributed by atoms with Crippen molar-refractivity contribution < 1.29 is 0 Å². The van der Waals surface area contributed by atoms with E-state index in [1.807, 2.05) is 11.3 Å². The summed E-state index contributed by atoms with van der Waals surface area (Å²) in [6.07, 6.45) is 6.98. The highest BCUT2D eigenvalue weighted by Gasteiger charge is 2.61. The monoisotopic (exact) mass is 812 g/mol. The van der Waals surface area contributed by atoms with Crippen LogP contribution in [0.3, 0.4) is 0 Å². The molecular weight excluding hydrogens is 769 g/mol. The van der Waals surface area contributed by atoms with E-state index in [-0.39, 0.29) is 5.41 Å². The van der Waals surface area contributed by atoms with Gasteiger partial charge in [0.15, 0.2) is 5.69 Å². The average molecular weight is 813 g/mol. The third kappa shape index (κ3) is 5.33. The largest absolute Gasteiger partial charge is 0.309 e. The van der Waals surface area contributed by atoms with Crippen molar-refractivity contribution in [2.45, 2.75) is 37.5 Å². The van der Waals surface area contributed by atoms with Gasteiger partial charge in [0, 0.05) is 32.3 Å². The molecule has 4 saturated carbocycles. The number of anilines is 3. The van der Waals surface area contributed by atoms with Gasteiger partial charge in [0.2, 0.25) is 0 Å². The second-order valence-corrected chi connectivity index (χ2v) is 19.4. The van der Waals surface area contributed by atoms with Gasteiger partial charge in [0.1, 0.15) is 0 Å². The molecule has 2 nitrogen and oxygen atoms in total. The van der Waals surface area contributed by atoms with Crippen molar-refractivity contribution in [3.8, 4) is 44.5 Å². The standard InChI is InChI=1S/C59H44N2S/c1-60-55-36-42(23-27-48(55)43-24-28-54-52(35-43)49-15-5-7-18-53(49)59(54)44-30-37-29-38(32-44)33-45(59)31-37)41-13-9-14-47(34-41)61(46-25-21-40(22-26-46)39-11-3-2-4-12-39)56-19-10-17-51-50-16-6-8-20-57(50)62-58(51)56/h2-28,34-38,44-45H,29-33H2. The Morgan fingerprint density at radius 1 is 0.468 bits per heavy atom. The fraction of sp³-hybridized carbons (Fsp3) is 0.169. The third-order valence-electron chi connectivity index (χ3n) is 15.3. The molecule has 14 rings (SSSR count). The Labute approximate surface area is 367 Å². The van der Waals surface area contributed by atoms with Gasteiger partial charge in [-0.2, -0.15) is 0 Å². The summed E-state index contributed by atoms with van der Waals surface area (Å²) in [5, 5.41) is 2.56. The van der Waals surface area contributed by atoms with Crippen molar-refractivity contribution in [2.75, 3.05) is 4.90 Å². The lowest BCUT2D eigenvalue weighted by Gasteiger charge is -2.61. The maximum absolute atomic E-state index is 8.48. The fourth-order valence-electron chi connectivity index (χ4n) is 13.0. The summed E-state index contributed by atoms with van der Waals surface area (Å²) in [6, 6.07) is 66.8. The van der Waals surface area contributed by atoms with Gasteiger partial charge in [-0.3, -0.25) is 0 Å². The Morgan fingerprint density at radius 3 is 1.94 bits per heavy atom. The number of fused-ring (bicyclic) bond motifs is 6. The van der Waals surface area contributed by atoms with Crippen LogP contribution in [0.4, 0.5) is 22.7 Å². The Kier molecular flexibility index (Phi) is 8.06. The fourth-order valence-corrected chi connectivity index (χ4v) is 14.2. The molecule has 8 aromatic carbocycles. The molecule has 62 heavy (non-hydrogen) atoms. The van der Waals surface area contributed by atoms with Crippen LogP contribution >= 0.6 is 11.3 Å². The van der Waals surface area contributed by atoms with Gasteiger partial charge >= 0.3 is 0 Å². The molecule has 4 bridgehead atoms. The van der Waals surface area contributed by atoms with Crippen LogP contribution < -0.4 is 4.90 Å². The Hall–Kier alpha value is -6.73. The topological polar surface area (TPSA) is 7.60 Å². The summed E-state index contributed by atoms with van der Waals surface area (Å²) < 4.78 is 2.55. The van der Waals surface area contributed by atoms with E-state index in [1.165, 1.54) is 74.5 Å². The van der Waals surface area contributed by atoms with Gasteiger partial charge in [-0.25, -0.2) is 4.85 Å². The van der Waals surface area contributed by atoms with E-state index in [1.54, 1.807) is 11.1 Å². The van der Waals surface area contributed by atoms with E-state index in [4.69, 9.17) is 6.57 Å². The Bertz CT molecular complexity index is 3250. The maximum Gasteiger partial charge on any atom is 0.195 e. The van der Waals surface area contributed by atoms with Crippen molar-refractivity contribution in [1.29, 1.82) is 0 Å². The number of hydrogen-bond donors (Lipinski definition) is 0. The second-order valence-electron chi connectivity index (χ2n) is 18.4. The predicted molar refractivity (Wildman–Crippen MR) is 260 cm³/mol. The molecule has 0 amide bonds. The molecule has 0 N–H and O–H groups in total. The highest BCUT2D eigenvalue weighted by atomic mass is 32.1. The van der Waals surface area contributed by atoms with E-state index in [2.05, 4.69) is 192 Å². The first-order chi connectivity index (χ1) is 30.6. The highest BCUT2D eigenvalue weighted by molar-refractivity contribution is 7.26. The molecule has 0 saturated heterocycles. The molecule has 4 fully saturated rings. The van der Waals surface area contributed by atoms with Crippen molar-refractivity contribution in [2.24, 2.45) is 23.7 Å². The van der Waals surface area contributed by atoms with Crippen LogP contribution in [-0.4, -0.2) is 0 Å². The normalized spacial score (nSPS) is 21.6. The van der Waals surface area contributed by atoms with E-state index in [0.717, 1.165) is 63.0 Å². The molecule has 0 unspecified atom stereocenters. The van der Waals surface area contributed by atoms with Crippen LogP contribution in [0.15, 0.2) is 182 Å². The molecular formula is C59H44N2S. The van der Waals surface area contributed by atoms with Crippen molar-refractivity contribution >= 4 is 54.3 Å². The zero-order valence-electron chi connectivity index (χ0n) is 34.5. The van der Waals surface area contributed by atoms with Crippen molar-refractivity contribution in [3.63, 3.8) is 0 Å². The zero-order valence-corrected chi connectivity index (χ0v) is 35.3. The summed E-state index contributed by atoms with van der Waals surface area (Å²) in [5.41, 5.74) is 16.7. The molecule has 3 heteroatoms. The minimum atomic E-state index is 0.149. The van der Waals surface area contributed by atoms with Gasteiger partial charge in [-0.05, 0) is 160 Å². The lowest BCUT2D eigenvalue weighted by molar-refractivity contribution is -0.0399. The molecule has 296 valence electrons.